The van der Waals surface area contributed by atoms with Gasteiger partial charge in [-0.05, 0) is 35.7 Å². The molecule has 144 valence electrons. The normalized spacial score (nSPS) is 12.7. The zero-order valence-corrected chi connectivity index (χ0v) is 16.4. The smallest absolute Gasteiger partial charge is 0.256 e. The quantitative estimate of drug-likeness (QED) is 0.725. The first-order valence-electron chi connectivity index (χ1n) is 9.23. The molecule has 3 aromatic rings. The number of nitrogens with zero attached hydrogens (tertiary/aromatic N) is 3. The SMILES string of the molecule is N#Cc1c(NC(=O)c2ccccc2)sc2c1CCN(C(=O)Cc1cccnc1)C2. The Hall–Kier alpha value is -3.50. The number of anilines is 1. The van der Waals surface area contributed by atoms with Crippen LogP contribution < -0.4 is 5.32 Å². The van der Waals surface area contributed by atoms with Crippen molar-refractivity contribution in [2.75, 3.05) is 11.9 Å². The largest absolute Gasteiger partial charge is 0.337 e. The fraction of sp³-hybridized carbons (Fsp3) is 0.182. The van der Waals surface area contributed by atoms with Crippen molar-refractivity contribution in [2.45, 2.75) is 19.4 Å². The minimum Gasteiger partial charge on any atom is -0.337 e. The number of carbonyl (C=O) groups is 2. The van der Waals surface area contributed by atoms with Gasteiger partial charge >= 0.3 is 0 Å². The highest BCUT2D eigenvalue weighted by molar-refractivity contribution is 7.16. The molecule has 0 fully saturated rings. The van der Waals surface area contributed by atoms with Crippen LogP contribution in [-0.2, 0) is 24.2 Å². The second-order valence-corrected chi connectivity index (χ2v) is 7.85. The molecule has 0 saturated heterocycles. The standard InChI is InChI=1S/C22H18N4O2S/c23-12-18-17-8-10-26(20(27)11-15-5-4-9-24-13-15)14-19(17)29-22(18)25-21(28)16-6-2-1-3-7-16/h1-7,9,13H,8,10-11,14H2,(H,25,28). The van der Waals surface area contributed by atoms with E-state index < -0.39 is 0 Å². The number of nitrogens with one attached hydrogen (secondary N) is 1. The molecule has 0 aliphatic carbocycles. The van der Waals surface area contributed by atoms with Gasteiger partial charge < -0.3 is 10.2 Å². The van der Waals surface area contributed by atoms with Crippen molar-refractivity contribution < 1.29 is 9.59 Å². The number of hydrogen-bond acceptors (Lipinski definition) is 5. The molecule has 0 bridgehead atoms. The van der Waals surface area contributed by atoms with Crippen LogP contribution in [0.4, 0.5) is 5.00 Å². The highest BCUT2D eigenvalue weighted by Crippen LogP contribution is 2.37. The monoisotopic (exact) mass is 402 g/mol. The molecule has 1 N–H and O–H groups in total. The maximum absolute atomic E-state index is 12.7. The number of carbonyl (C=O) groups excluding carboxylic acids is 2. The predicted molar refractivity (Wildman–Crippen MR) is 110 cm³/mol. The minimum absolute atomic E-state index is 0.0328. The molecular formula is C22H18N4O2S. The van der Waals surface area contributed by atoms with Crippen LogP contribution in [0.25, 0.3) is 0 Å². The van der Waals surface area contributed by atoms with Crippen molar-refractivity contribution in [3.8, 4) is 6.07 Å². The van der Waals surface area contributed by atoms with Gasteiger partial charge in [-0.1, -0.05) is 24.3 Å². The highest BCUT2D eigenvalue weighted by Gasteiger charge is 2.27. The van der Waals surface area contributed by atoms with E-state index in [1.807, 2.05) is 18.2 Å². The average molecular weight is 402 g/mol. The summed E-state index contributed by atoms with van der Waals surface area (Å²) in [5, 5.41) is 13.0. The molecule has 2 aromatic heterocycles. The van der Waals surface area contributed by atoms with Crippen molar-refractivity contribution in [2.24, 2.45) is 0 Å². The summed E-state index contributed by atoms with van der Waals surface area (Å²) >= 11 is 1.38. The van der Waals surface area contributed by atoms with Crippen LogP contribution in [0.2, 0.25) is 0 Å². The summed E-state index contributed by atoms with van der Waals surface area (Å²) in [6, 6.07) is 14.8. The lowest BCUT2D eigenvalue weighted by Gasteiger charge is -2.27. The van der Waals surface area contributed by atoms with E-state index in [0.717, 1.165) is 16.0 Å². The number of benzene rings is 1. The van der Waals surface area contributed by atoms with Crippen molar-refractivity contribution in [3.63, 3.8) is 0 Å². The van der Waals surface area contributed by atoms with Gasteiger partial charge in [-0.2, -0.15) is 5.26 Å². The van der Waals surface area contributed by atoms with Gasteiger partial charge in [-0.3, -0.25) is 14.6 Å². The van der Waals surface area contributed by atoms with Crippen LogP contribution in [0.5, 0.6) is 0 Å². The second-order valence-electron chi connectivity index (χ2n) is 6.74. The number of fused-ring (bicyclic) bond motifs is 1. The summed E-state index contributed by atoms with van der Waals surface area (Å²) in [5.41, 5.74) is 2.86. The van der Waals surface area contributed by atoms with E-state index in [-0.39, 0.29) is 11.8 Å². The Kier molecular flexibility index (Phi) is 5.36. The van der Waals surface area contributed by atoms with Gasteiger partial charge in [0.05, 0.1) is 18.5 Å². The molecule has 1 aliphatic rings. The Morgan fingerprint density at radius 1 is 1.21 bits per heavy atom. The van der Waals surface area contributed by atoms with Crippen molar-refractivity contribution in [3.05, 3.63) is 82.0 Å². The molecular weight excluding hydrogens is 384 g/mol. The molecule has 0 atom stereocenters. The number of aromatic nitrogens is 1. The summed E-state index contributed by atoms with van der Waals surface area (Å²) in [4.78, 5) is 32.0. The van der Waals surface area contributed by atoms with Crippen molar-refractivity contribution in [1.82, 2.24) is 9.88 Å². The molecule has 0 unspecified atom stereocenters. The summed E-state index contributed by atoms with van der Waals surface area (Å²) in [7, 11) is 0. The number of thiophene rings is 1. The molecule has 3 heterocycles. The number of pyridine rings is 1. The number of hydrogen-bond donors (Lipinski definition) is 1. The molecule has 4 rings (SSSR count). The van der Waals surface area contributed by atoms with Crippen LogP contribution in [-0.4, -0.2) is 28.2 Å². The first kappa shape index (κ1) is 18.8. The molecule has 7 heteroatoms. The van der Waals surface area contributed by atoms with E-state index >= 15 is 0 Å². The molecule has 0 radical (unpaired) electrons. The molecule has 6 nitrogen and oxygen atoms in total. The Balaban J connectivity index is 1.51. The maximum Gasteiger partial charge on any atom is 0.256 e. The number of amides is 2. The van der Waals surface area contributed by atoms with E-state index in [2.05, 4.69) is 16.4 Å². The average Bonchev–Trinajstić information content (AvgIpc) is 3.11. The van der Waals surface area contributed by atoms with E-state index in [1.54, 1.807) is 41.6 Å². The molecule has 0 saturated carbocycles. The topological polar surface area (TPSA) is 86.1 Å². The van der Waals surface area contributed by atoms with E-state index in [0.29, 0.717) is 42.1 Å². The number of nitriles is 1. The minimum atomic E-state index is -0.245. The Bertz CT molecular complexity index is 1090. The first-order valence-corrected chi connectivity index (χ1v) is 10.0. The van der Waals surface area contributed by atoms with Crippen LogP contribution >= 0.6 is 11.3 Å². The van der Waals surface area contributed by atoms with E-state index in [1.165, 1.54) is 11.3 Å². The Morgan fingerprint density at radius 2 is 2.03 bits per heavy atom. The van der Waals surface area contributed by atoms with Gasteiger partial charge in [0.15, 0.2) is 0 Å². The second kappa shape index (κ2) is 8.25. The highest BCUT2D eigenvalue weighted by atomic mass is 32.1. The third-order valence-corrected chi connectivity index (χ3v) is 5.99. The van der Waals surface area contributed by atoms with Gasteiger partial charge in [-0.25, -0.2) is 0 Å². The van der Waals surface area contributed by atoms with Gasteiger partial charge in [0.25, 0.3) is 5.91 Å². The zero-order chi connectivity index (χ0) is 20.2. The van der Waals surface area contributed by atoms with E-state index in [9.17, 15) is 14.9 Å². The molecule has 29 heavy (non-hydrogen) atoms. The molecule has 1 aromatic carbocycles. The van der Waals surface area contributed by atoms with Crippen molar-refractivity contribution in [1.29, 1.82) is 5.26 Å². The maximum atomic E-state index is 12.7. The number of rotatable bonds is 4. The fourth-order valence-corrected chi connectivity index (χ4v) is 4.59. The Morgan fingerprint density at radius 3 is 2.76 bits per heavy atom. The fourth-order valence-electron chi connectivity index (χ4n) is 3.38. The lowest BCUT2D eigenvalue weighted by molar-refractivity contribution is -0.131. The lowest BCUT2D eigenvalue weighted by Crippen LogP contribution is -2.36. The van der Waals surface area contributed by atoms with Crippen LogP contribution in [0.1, 0.15) is 31.9 Å². The van der Waals surface area contributed by atoms with Gasteiger partial charge in [-0.15, -0.1) is 11.3 Å². The van der Waals surface area contributed by atoms with Crippen molar-refractivity contribution >= 4 is 28.2 Å². The van der Waals surface area contributed by atoms with Gasteiger partial charge in [0, 0.05) is 29.4 Å². The molecule has 0 spiro atoms. The summed E-state index contributed by atoms with van der Waals surface area (Å²) < 4.78 is 0. The Labute approximate surface area is 172 Å². The summed E-state index contributed by atoms with van der Waals surface area (Å²) in [5.74, 6) is -0.212. The summed E-state index contributed by atoms with van der Waals surface area (Å²) in [6.07, 6.45) is 4.29. The third-order valence-electron chi connectivity index (χ3n) is 4.86. The molecule has 2 amide bonds. The lowest BCUT2D eigenvalue weighted by atomic mass is 10.0. The van der Waals surface area contributed by atoms with Crippen LogP contribution in [0.3, 0.4) is 0 Å². The third kappa shape index (κ3) is 4.03. The predicted octanol–water partition coefficient (Wildman–Crippen LogP) is 3.39. The van der Waals surface area contributed by atoms with Crippen LogP contribution in [0.15, 0.2) is 54.9 Å². The van der Waals surface area contributed by atoms with Crippen LogP contribution in [0, 0.1) is 11.3 Å². The van der Waals surface area contributed by atoms with Gasteiger partial charge in [0.2, 0.25) is 5.91 Å². The summed E-state index contributed by atoms with van der Waals surface area (Å²) in [6.45, 7) is 1.01. The first-order chi connectivity index (χ1) is 14.2. The zero-order valence-electron chi connectivity index (χ0n) is 15.6. The molecule has 1 aliphatic heterocycles. The van der Waals surface area contributed by atoms with Gasteiger partial charge in [0.1, 0.15) is 11.1 Å². The van der Waals surface area contributed by atoms with E-state index in [4.69, 9.17) is 0 Å².